The van der Waals surface area contributed by atoms with E-state index in [-0.39, 0.29) is 11.6 Å². The number of piperazine rings is 1. The molecule has 118 valence electrons. The number of para-hydroxylation sites is 1. The summed E-state index contributed by atoms with van der Waals surface area (Å²) in [7, 11) is 0. The molecule has 3 heterocycles. The van der Waals surface area contributed by atoms with Crippen LogP contribution in [0, 0.1) is 0 Å². The number of anilines is 1. The van der Waals surface area contributed by atoms with E-state index in [4.69, 9.17) is 4.74 Å². The number of benzene rings is 1. The number of nitrogens with one attached hydrogen (secondary N) is 2. The van der Waals surface area contributed by atoms with Crippen molar-refractivity contribution in [2.45, 2.75) is 11.6 Å². The first-order valence-corrected chi connectivity index (χ1v) is 7.93. The van der Waals surface area contributed by atoms with Crippen LogP contribution in [0.2, 0.25) is 0 Å². The molecule has 2 N–H and O–H groups in total. The average Bonchev–Trinajstić information content (AvgIpc) is 2.53. The van der Waals surface area contributed by atoms with Crippen molar-refractivity contribution in [3.05, 3.63) is 30.3 Å². The van der Waals surface area contributed by atoms with Gasteiger partial charge in [0.1, 0.15) is 0 Å². The summed E-state index contributed by atoms with van der Waals surface area (Å²) in [6.07, 6.45) is 0. The Bertz CT molecular complexity index is 546. The van der Waals surface area contributed by atoms with E-state index in [1.807, 2.05) is 35.2 Å². The number of morpholine rings is 1. The third-order valence-electron chi connectivity index (χ3n) is 4.97. The van der Waals surface area contributed by atoms with Crippen molar-refractivity contribution < 1.29 is 9.53 Å². The van der Waals surface area contributed by atoms with Crippen molar-refractivity contribution in [2.24, 2.45) is 0 Å². The lowest BCUT2D eigenvalue weighted by Gasteiger charge is -2.60. The molecule has 1 spiro atoms. The fraction of sp³-hybridized carbons (Fsp3) is 0.562. The zero-order chi connectivity index (χ0) is 15.0. The van der Waals surface area contributed by atoms with E-state index < -0.39 is 0 Å². The number of amides is 2. The predicted molar refractivity (Wildman–Crippen MR) is 83.9 cm³/mol. The van der Waals surface area contributed by atoms with E-state index >= 15 is 0 Å². The van der Waals surface area contributed by atoms with E-state index in [1.165, 1.54) is 0 Å². The number of rotatable bonds is 1. The van der Waals surface area contributed by atoms with E-state index in [1.54, 1.807) is 0 Å². The van der Waals surface area contributed by atoms with Gasteiger partial charge in [0.25, 0.3) is 0 Å². The van der Waals surface area contributed by atoms with Crippen LogP contribution in [0.5, 0.6) is 0 Å². The summed E-state index contributed by atoms with van der Waals surface area (Å²) in [5, 5.41) is 6.37. The molecule has 0 bridgehead atoms. The number of carbonyl (C=O) groups excluding carboxylic acids is 1. The SMILES string of the molecule is O=C(Nc1ccccc1)N1C[C@@H]2COCCN2C2(CNC2)C1. The molecule has 1 aromatic rings. The van der Waals surface area contributed by atoms with Crippen LogP contribution in [0.4, 0.5) is 10.5 Å². The Labute approximate surface area is 130 Å². The maximum atomic E-state index is 12.6. The Morgan fingerprint density at radius 2 is 2.14 bits per heavy atom. The smallest absolute Gasteiger partial charge is 0.321 e. The lowest BCUT2D eigenvalue weighted by Crippen LogP contribution is -2.80. The second kappa shape index (κ2) is 5.53. The molecule has 3 saturated heterocycles. The standard InChI is InChI=1S/C16H22N4O2/c21-15(18-13-4-2-1-3-5-13)19-8-14-9-22-7-6-20(14)16(12-19)10-17-11-16/h1-5,14,17H,6-12H2,(H,18,21)/t14-/m1/s1. The lowest BCUT2D eigenvalue weighted by molar-refractivity contribution is -0.121. The number of ether oxygens (including phenoxy) is 1. The highest BCUT2D eigenvalue weighted by Crippen LogP contribution is 2.31. The maximum Gasteiger partial charge on any atom is 0.321 e. The minimum absolute atomic E-state index is 0.0114. The molecule has 0 radical (unpaired) electrons. The summed E-state index contributed by atoms with van der Waals surface area (Å²) in [6.45, 7) is 5.93. The number of nitrogens with zero attached hydrogens (tertiary/aromatic N) is 2. The molecule has 6 heteroatoms. The van der Waals surface area contributed by atoms with Gasteiger partial charge in [-0.05, 0) is 12.1 Å². The Kier molecular flexibility index (Phi) is 3.52. The van der Waals surface area contributed by atoms with Crippen molar-refractivity contribution in [3.63, 3.8) is 0 Å². The monoisotopic (exact) mass is 302 g/mol. The molecule has 0 saturated carbocycles. The normalized spacial score (nSPS) is 27.1. The maximum absolute atomic E-state index is 12.6. The molecule has 1 atom stereocenters. The van der Waals surface area contributed by atoms with Crippen LogP contribution in [0.25, 0.3) is 0 Å². The van der Waals surface area contributed by atoms with Gasteiger partial charge in [-0.3, -0.25) is 4.90 Å². The van der Waals surface area contributed by atoms with Crippen molar-refractivity contribution in [3.8, 4) is 0 Å². The molecule has 0 unspecified atom stereocenters. The van der Waals surface area contributed by atoms with Gasteiger partial charge in [0.2, 0.25) is 0 Å². The van der Waals surface area contributed by atoms with Crippen LogP contribution in [0.3, 0.4) is 0 Å². The molecule has 3 fully saturated rings. The molecule has 4 rings (SSSR count). The van der Waals surface area contributed by atoms with Crippen LogP contribution in [-0.4, -0.2) is 73.3 Å². The number of carbonyl (C=O) groups is 1. The van der Waals surface area contributed by atoms with Gasteiger partial charge in [-0.1, -0.05) is 18.2 Å². The molecule has 2 amide bonds. The topological polar surface area (TPSA) is 56.8 Å². The minimum Gasteiger partial charge on any atom is -0.378 e. The molecule has 6 nitrogen and oxygen atoms in total. The number of fused-ring (bicyclic) bond motifs is 2. The minimum atomic E-state index is -0.0114. The van der Waals surface area contributed by atoms with E-state index in [2.05, 4.69) is 15.5 Å². The van der Waals surface area contributed by atoms with Gasteiger partial charge < -0.3 is 20.3 Å². The highest BCUT2D eigenvalue weighted by Gasteiger charge is 2.51. The van der Waals surface area contributed by atoms with Crippen LogP contribution < -0.4 is 10.6 Å². The van der Waals surface area contributed by atoms with Gasteiger partial charge in [-0.15, -0.1) is 0 Å². The zero-order valence-electron chi connectivity index (χ0n) is 12.6. The van der Waals surface area contributed by atoms with Crippen molar-refractivity contribution in [1.82, 2.24) is 15.1 Å². The second-order valence-corrected chi connectivity index (χ2v) is 6.43. The van der Waals surface area contributed by atoms with Crippen LogP contribution in [-0.2, 0) is 4.74 Å². The first-order valence-electron chi connectivity index (χ1n) is 7.93. The molecule has 0 aromatic heterocycles. The summed E-state index contributed by atoms with van der Waals surface area (Å²) < 4.78 is 5.63. The van der Waals surface area contributed by atoms with Crippen LogP contribution in [0.15, 0.2) is 30.3 Å². The zero-order valence-corrected chi connectivity index (χ0v) is 12.6. The molecular weight excluding hydrogens is 280 g/mol. The summed E-state index contributed by atoms with van der Waals surface area (Å²) in [5.41, 5.74) is 0.941. The first kappa shape index (κ1) is 14.0. The molecule has 1 aromatic carbocycles. The summed E-state index contributed by atoms with van der Waals surface area (Å²) in [5.74, 6) is 0. The summed E-state index contributed by atoms with van der Waals surface area (Å²) in [6, 6.07) is 9.94. The van der Waals surface area contributed by atoms with Crippen molar-refractivity contribution >= 4 is 11.7 Å². The molecule has 3 aliphatic rings. The lowest BCUT2D eigenvalue weighted by atomic mass is 9.84. The van der Waals surface area contributed by atoms with Crippen molar-refractivity contribution in [2.75, 3.05) is 51.3 Å². The Balaban J connectivity index is 1.49. The third-order valence-corrected chi connectivity index (χ3v) is 4.97. The van der Waals surface area contributed by atoms with Gasteiger partial charge in [0, 0.05) is 38.4 Å². The van der Waals surface area contributed by atoms with E-state index in [0.717, 1.165) is 51.6 Å². The highest BCUT2D eigenvalue weighted by molar-refractivity contribution is 5.89. The predicted octanol–water partition coefficient (Wildman–Crippen LogP) is 0.577. The fourth-order valence-corrected chi connectivity index (χ4v) is 3.80. The molecule has 3 aliphatic heterocycles. The van der Waals surface area contributed by atoms with Gasteiger partial charge in [-0.2, -0.15) is 0 Å². The summed E-state index contributed by atoms with van der Waals surface area (Å²) >= 11 is 0. The number of hydrogen-bond donors (Lipinski definition) is 2. The van der Waals surface area contributed by atoms with Crippen LogP contribution >= 0.6 is 0 Å². The van der Waals surface area contributed by atoms with Crippen molar-refractivity contribution in [1.29, 1.82) is 0 Å². The number of urea groups is 1. The summed E-state index contributed by atoms with van der Waals surface area (Å²) in [4.78, 5) is 17.1. The second-order valence-electron chi connectivity index (χ2n) is 6.43. The number of hydrogen-bond acceptors (Lipinski definition) is 4. The Morgan fingerprint density at radius 1 is 1.32 bits per heavy atom. The first-order chi connectivity index (χ1) is 10.8. The van der Waals surface area contributed by atoms with Gasteiger partial charge >= 0.3 is 6.03 Å². The van der Waals surface area contributed by atoms with E-state index in [0.29, 0.717) is 6.04 Å². The fourth-order valence-electron chi connectivity index (χ4n) is 3.80. The average molecular weight is 302 g/mol. The largest absolute Gasteiger partial charge is 0.378 e. The Hall–Kier alpha value is -1.63. The molecule has 0 aliphatic carbocycles. The van der Waals surface area contributed by atoms with Gasteiger partial charge in [0.05, 0.1) is 24.8 Å². The van der Waals surface area contributed by atoms with E-state index in [9.17, 15) is 4.79 Å². The molecular formula is C16H22N4O2. The van der Waals surface area contributed by atoms with Gasteiger partial charge in [-0.25, -0.2) is 4.79 Å². The Morgan fingerprint density at radius 3 is 2.86 bits per heavy atom. The quantitative estimate of drug-likeness (QED) is 0.797. The third kappa shape index (κ3) is 2.37. The highest BCUT2D eigenvalue weighted by atomic mass is 16.5. The van der Waals surface area contributed by atoms with Gasteiger partial charge in [0.15, 0.2) is 0 Å². The van der Waals surface area contributed by atoms with Crippen LogP contribution in [0.1, 0.15) is 0 Å². The molecule has 22 heavy (non-hydrogen) atoms.